The third kappa shape index (κ3) is 2.12. The van der Waals surface area contributed by atoms with Crippen LogP contribution >= 0.6 is 0 Å². The molecule has 3 heteroatoms. The zero-order chi connectivity index (χ0) is 10.7. The molecule has 0 radical (unpaired) electrons. The quantitative estimate of drug-likeness (QED) is 0.703. The maximum Gasteiger partial charge on any atom is 0.409 e. The standard InChI is InChI=1S/C12H15NO2/c1-15-12(14)13-8-7-11(9-13)10-5-3-2-4-6-10/h2-6,11H,7-9H2,1H3. The summed E-state index contributed by atoms with van der Waals surface area (Å²) in [7, 11) is 1.43. The average Bonchev–Trinajstić information content (AvgIpc) is 2.78. The molecule has 1 atom stereocenters. The molecule has 1 aromatic rings. The van der Waals surface area contributed by atoms with Gasteiger partial charge in [-0.3, -0.25) is 0 Å². The molecule has 1 aromatic carbocycles. The molecule has 0 saturated carbocycles. The summed E-state index contributed by atoms with van der Waals surface area (Å²) in [4.78, 5) is 13.1. The molecule has 80 valence electrons. The first-order valence-electron chi connectivity index (χ1n) is 5.19. The zero-order valence-electron chi connectivity index (χ0n) is 8.85. The summed E-state index contributed by atoms with van der Waals surface area (Å²) in [5.74, 6) is 0.463. The first kappa shape index (κ1) is 10.0. The lowest BCUT2D eigenvalue weighted by atomic mass is 9.99. The molecule has 3 nitrogen and oxygen atoms in total. The molecular formula is C12H15NO2. The fraction of sp³-hybridized carbons (Fsp3) is 0.417. The van der Waals surface area contributed by atoms with Gasteiger partial charge in [-0.2, -0.15) is 0 Å². The van der Waals surface area contributed by atoms with E-state index in [0.29, 0.717) is 5.92 Å². The van der Waals surface area contributed by atoms with Gasteiger partial charge in [0.15, 0.2) is 0 Å². The molecule has 0 N–H and O–H groups in total. The second kappa shape index (κ2) is 4.34. The van der Waals surface area contributed by atoms with Crippen LogP contribution in [0.1, 0.15) is 17.9 Å². The molecule has 0 bridgehead atoms. The van der Waals surface area contributed by atoms with Crippen LogP contribution in [-0.4, -0.2) is 31.2 Å². The van der Waals surface area contributed by atoms with Gasteiger partial charge in [-0.25, -0.2) is 4.79 Å². The van der Waals surface area contributed by atoms with E-state index in [9.17, 15) is 4.79 Å². The minimum atomic E-state index is -0.214. The van der Waals surface area contributed by atoms with Gasteiger partial charge in [-0.1, -0.05) is 30.3 Å². The van der Waals surface area contributed by atoms with Crippen molar-refractivity contribution < 1.29 is 9.53 Å². The monoisotopic (exact) mass is 205 g/mol. The second-order valence-corrected chi connectivity index (χ2v) is 3.81. The van der Waals surface area contributed by atoms with Crippen LogP contribution in [0.2, 0.25) is 0 Å². The van der Waals surface area contributed by atoms with Crippen molar-refractivity contribution in [2.45, 2.75) is 12.3 Å². The van der Waals surface area contributed by atoms with Crippen molar-refractivity contribution in [1.82, 2.24) is 4.90 Å². The number of hydrogen-bond acceptors (Lipinski definition) is 2. The lowest BCUT2D eigenvalue weighted by Gasteiger charge is -2.14. The average molecular weight is 205 g/mol. The van der Waals surface area contributed by atoms with E-state index in [2.05, 4.69) is 12.1 Å². The van der Waals surface area contributed by atoms with Crippen molar-refractivity contribution >= 4 is 6.09 Å². The highest BCUT2D eigenvalue weighted by Gasteiger charge is 2.27. The molecule has 1 saturated heterocycles. The molecule has 2 rings (SSSR count). The van der Waals surface area contributed by atoms with E-state index >= 15 is 0 Å². The molecule has 1 amide bonds. The van der Waals surface area contributed by atoms with E-state index in [4.69, 9.17) is 4.74 Å². The second-order valence-electron chi connectivity index (χ2n) is 3.81. The fourth-order valence-corrected chi connectivity index (χ4v) is 2.05. The first-order valence-corrected chi connectivity index (χ1v) is 5.19. The van der Waals surface area contributed by atoms with E-state index in [1.807, 2.05) is 18.2 Å². The van der Waals surface area contributed by atoms with E-state index in [1.165, 1.54) is 12.7 Å². The predicted octanol–water partition coefficient (Wildman–Crippen LogP) is 2.24. The number of rotatable bonds is 1. The molecule has 0 aliphatic carbocycles. The van der Waals surface area contributed by atoms with Crippen molar-refractivity contribution in [2.75, 3.05) is 20.2 Å². The Labute approximate surface area is 89.7 Å². The number of benzene rings is 1. The maximum absolute atomic E-state index is 11.3. The molecule has 1 fully saturated rings. The van der Waals surface area contributed by atoms with Gasteiger partial charge in [-0.05, 0) is 12.0 Å². The summed E-state index contributed by atoms with van der Waals surface area (Å²) in [5, 5.41) is 0. The fourth-order valence-electron chi connectivity index (χ4n) is 2.05. The van der Waals surface area contributed by atoms with Gasteiger partial charge in [0.1, 0.15) is 0 Å². The summed E-state index contributed by atoms with van der Waals surface area (Å²) in [6.07, 6.45) is 0.812. The van der Waals surface area contributed by atoms with Gasteiger partial charge < -0.3 is 9.64 Å². The van der Waals surface area contributed by atoms with Crippen LogP contribution < -0.4 is 0 Å². The van der Waals surface area contributed by atoms with E-state index in [1.54, 1.807) is 4.90 Å². The SMILES string of the molecule is COC(=O)N1CCC(c2ccccc2)C1. The molecule has 0 aromatic heterocycles. The van der Waals surface area contributed by atoms with E-state index < -0.39 is 0 Å². The van der Waals surface area contributed by atoms with Crippen LogP contribution in [0.3, 0.4) is 0 Å². The Balaban J connectivity index is 2.02. The summed E-state index contributed by atoms with van der Waals surface area (Å²) < 4.78 is 4.71. The Morgan fingerprint density at radius 1 is 1.40 bits per heavy atom. The number of carbonyl (C=O) groups is 1. The van der Waals surface area contributed by atoms with Crippen LogP contribution in [0.4, 0.5) is 4.79 Å². The van der Waals surface area contributed by atoms with Gasteiger partial charge in [0.05, 0.1) is 7.11 Å². The zero-order valence-corrected chi connectivity index (χ0v) is 8.85. The van der Waals surface area contributed by atoms with Crippen molar-refractivity contribution in [2.24, 2.45) is 0 Å². The first-order chi connectivity index (χ1) is 7.31. The van der Waals surface area contributed by atoms with Crippen molar-refractivity contribution in [3.8, 4) is 0 Å². The Morgan fingerprint density at radius 2 is 2.13 bits per heavy atom. The van der Waals surface area contributed by atoms with E-state index in [0.717, 1.165) is 19.5 Å². The van der Waals surface area contributed by atoms with Crippen molar-refractivity contribution in [1.29, 1.82) is 0 Å². The largest absolute Gasteiger partial charge is 0.453 e. The highest BCUT2D eigenvalue weighted by atomic mass is 16.5. The maximum atomic E-state index is 11.3. The van der Waals surface area contributed by atoms with Crippen LogP contribution in [-0.2, 0) is 4.74 Å². The number of amides is 1. The molecule has 1 aliphatic heterocycles. The van der Waals surface area contributed by atoms with E-state index in [-0.39, 0.29) is 6.09 Å². The van der Waals surface area contributed by atoms with Crippen LogP contribution in [0.5, 0.6) is 0 Å². The molecule has 1 aliphatic rings. The Bertz CT molecular complexity index is 337. The third-order valence-corrected chi connectivity index (χ3v) is 2.89. The van der Waals surface area contributed by atoms with Crippen LogP contribution in [0.25, 0.3) is 0 Å². The smallest absolute Gasteiger partial charge is 0.409 e. The Morgan fingerprint density at radius 3 is 2.80 bits per heavy atom. The number of hydrogen-bond donors (Lipinski definition) is 0. The topological polar surface area (TPSA) is 29.5 Å². The summed E-state index contributed by atoms with van der Waals surface area (Å²) in [6, 6.07) is 10.3. The number of methoxy groups -OCH3 is 1. The number of nitrogens with zero attached hydrogens (tertiary/aromatic N) is 1. The van der Waals surface area contributed by atoms with Gasteiger partial charge in [0, 0.05) is 19.0 Å². The summed E-state index contributed by atoms with van der Waals surface area (Å²) in [5.41, 5.74) is 1.31. The minimum Gasteiger partial charge on any atom is -0.453 e. The van der Waals surface area contributed by atoms with Crippen molar-refractivity contribution in [3.63, 3.8) is 0 Å². The third-order valence-electron chi connectivity index (χ3n) is 2.89. The molecule has 1 heterocycles. The Kier molecular flexibility index (Phi) is 2.90. The molecule has 0 spiro atoms. The number of likely N-dealkylation sites (tertiary alicyclic amines) is 1. The lowest BCUT2D eigenvalue weighted by Crippen LogP contribution is -2.28. The van der Waals surface area contributed by atoms with Gasteiger partial charge in [0.25, 0.3) is 0 Å². The predicted molar refractivity (Wildman–Crippen MR) is 57.8 cm³/mol. The normalized spacial score (nSPS) is 20.3. The molecule has 1 unspecified atom stereocenters. The van der Waals surface area contributed by atoms with Crippen LogP contribution in [0, 0.1) is 0 Å². The Hall–Kier alpha value is -1.51. The molecular weight excluding hydrogens is 190 g/mol. The summed E-state index contributed by atoms with van der Waals surface area (Å²) in [6.45, 7) is 1.57. The van der Waals surface area contributed by atoms with Gasteiger partial charge >= 0.3 is 6.09 Å². The molecule has 15 heavy (non-hydrogen) atoms. The highest BCUT2D eigenvalue weighted by Crippen LogP contribution is 2.26. The highest BCUT2D eigenvalue weighted by molar-refractivity contribution is 5.67. The minimum absolute atomic E-state index is 0.214. The number of ether oxygens (including phenoxy) is 1. The summed E-state index contributed by atoms with van der Waals surface area (Å²) >= 11 is 0. The van der Waals surface area contributed by atoms with Gasteiger partial charge in [0.2, 0.25) is 0 Å². The van der Waals surface area contributed by atoms with Crippen LogP contribution in [0.15, 0.2) is 30.3 Å². The lowest BCUT2D eigenvalue weighted by molar-refractivity contribution is 0.132. The van der Waals surface area contributed by atoms with Gasteiger partial charge in [-0.15, -0.1) is 0 Å². The van der Waals surface area contributed by atoms with Crippen molar-refractivity contribution in [3.05, 3.63) is 35.9 Å². The number of carbonyl (C=O) groups excluding carboxylic acids is 1.